The molecule has 1 aliphatic rings. The predicted molar refractivity (Wildman–Crippen MR) is 124 cm³/mol. The molecule has 0 saturated carbocycles. The molecule has 1 amide bonds. The van der Waals surface area contributed by atoms with Crippen molar-refractivity contribution in [2.45, 2.75) is 31.4 Å². The average molecular weight is 464 g/mol. The van der Waals surface area contributed by atoms with E-state index in [-0.39, 0.29) is 12.4 Å². The Kier molecular flexibility index (Phi) is 8.84. The van der Waals surface area contributed by atoms with E-state index < -0.39 is 12.2 Å². The second-order valence-corrected chi connectivity index (χ2v) is 8.33. The number of phenolic OH excluding ortho intramolecular Hbond substituents is 1. The molecule has 2 aromatic rings. The molecular weight excluding hydrogens is 434 g/mol. The number of hydrogen-bond donors (Lipinski definition) is 5. The van der Waals surface area contributed by atoms with Crippen LogP contribution in [0.4, 0.5) is 10.5 Å². The van der Waals surface area contributed by atoms with Crippen LogP contribution < -0.4 is 15.4 Å². The number of ether oxygens (including phenoxy) is 1. The van der Waals surface area contributed by atoms with Crippen molar-refractivity contribution in [3.8, 4) is 11.5 Å². The first-order valence-electron chi connectivity index (χ1n) is 10.7. The standard InChI is InChI=1S/C23H30ClN3O5/c24-21-13-19(28)5-6-22(21)32-15-20(29)14-25-10-7-16-1-3-17(4-2-16)26-18-8-11-27(12-9-18)23(30)31/h1-6,13,18,20,25-26,28-29H,7-12,14-15H2,(H,30,31)/t20-/m0/s1. The quantitative estimate of drug-likeness (QED) is 0.344. The summed E-state index contributed by atoms with van der Waals surface area (Å²) in [6.45, 7) is 2.34. The van der Waals surface area contributed by atoms with Crippen molar-refractivity contribution in [3.63, 3.8) is 0 Å². The van der Waals surface area contributed by atoms with Gasteiger partial charge in [0.1, 0.15) is 24.2 Å². The fraction of sp³-hybridized carbons (Fsp3) is 0.435. The molecule has 8 nitrogen and oxygen atoms in total. The van der Waals surface area contributed by atoms with Crippen LogP contribution in [0.1, 0.15) is 18.4 Å². The minimum atomic E-state index is -0.844. The minimum Gasteiger partial charge on any atom is -0.508 e. The lowest BCUT2D eigenvalue weighted by Gasteiger charge is -2.31. The molecule has 1 heterocycles. The second kappa shape index (κ2) is 11.8. The number of rotatable bonds is 10. The number of nitrogens with zero attached hydrogens (tertiary/aromatic N) is 1. The van der Waals surface area contributed by atoms with Crippen molar-refractivity contribution in [1.82, 2.24) is 10.2 Å². The Labute approximate surface area is 192 Å². The Morgan fingerprint density at radius 2 is 1.91 bits per heavy atom. The molecule has 0 spiro atoms. The molecule has 0 radical (unpaired) electrons. The smallest absolute Gasteiger partial charge is 0.407 e. The Balaban J connectivity index is 1.31. The molecule has 9 heteroatoms. The highest BCUT2D eigenvalue weighted by molar-refractivity contribution is 6.32. The first-order chi connectivity index (χ1) is 15.4. The van der Waals surface area contributed by atoms with Gasteiger partial charge in [0.25, 0.3) is 0 Å². The molecular formula is C23H30ClN3O5. The zero-order valence-electron chi connectivity index (χ0n) is 17.8. The summed E-state index contributed by atoms with van der Waals surface area (Å²) in [5, 5.41) is 35.4. The van der Waals surface area contributed by atoms with E-state index in [9.17, 15) is 15.0 Å². The second-order valence-electron chi connectivity index (χ2n) is 7.92. The van der Waals surface area contributed by atoms with E-state index in [4.69, 9.17) is 21.4 Å². The van der Waals surface area contributed by atoms with Gasteiger partial charge in [-0.15, -0.1) is 0 Å². The summed E-state index contributed by atoms with van der Waals surface area (Å²) in [5.41, 5.74) is 2.22. The van der Waals surface area contributed by atoms with Crippen LogP contribution in [-0.4, -0.2) is 71.2 Å². The number of phenols is 1. The number of piperidine rings is 1. The number of benzene rings is 2. The zero-order chi connectivity index (χ0) is 22.9. The molecule has 174 valence electrons. The molecule has 3 rings (SSSR count). The summed E-state index contributed by atoms with van der Waals surface area (Å²) in [4.78, 5) is 12.4. The van der Waals surface area contributed by atoms with Crippen LogP contribution in [0.2, 0.25) is 5.02 Å². The number of aliphatic hydroxyl groups excluding tert-OH is 1. The Morgan fingerprint density at radius 1 is 1.19 bits per heavy atom. The number of nitrogens with one attached hydrogen (secondary N) is 2. The molecule has 1 saturated heterocycles. The van der Waals surface area contributed by atoms with Crippen LogP contribution in [-0.2, 0) is 6.42 Å². The lowest BCUT2D eigenvalue weighted by molar-refractivity contribution is 0.106. The highest BCUT2D eigenvalue weighted by Crippen LogP contribution is 2.28. The molecule has 32 heavy (non-hydrogen) atoms. The van der Waals surface area contributed by atoms with Gasteiger partial charge in [0.2, 0.25) is 0 Å². The maximum absolute atomic E-state index is 11.0. The van der Waals surface area contributed by atoms with E-state index in [0.29, 0.717) is 36.4 Å². The molecule has 1 fully saturated rings. The number of carbonyl (C=O) groups is 1. The van der Waals surface area contributed by atoms with Crippen LogP contribution in [0.25, 0.3) is 0 Å². The first-order valence-corrected chi connectivity index (χ1v) is 11.1. The van der Waals surface area contributed by atoms with Gasteiger partial charge in [-0.25, -0.2) is 4.79 Å². The monoisotopic (exact) mass is 463 g/mol. The largest absolute Gasteiger partial charge is 0.508 e. The van der Waals surface area contributed by atoms with E-state index in [1.165, 1.54) is 22.6 Å². The van der Waals surface area contributed by atoms with Gasteiger partial charge in [0.15, 0.2) is 0 Å². The van der Waals surface area contributed by atoms with Crippen molar-refractivity contribution in [2.24, 2.45) is 0 Å². The lowest BCUT2D eigenvalue weighted by Crippen LogP contribution is -2.41. The molecule has 0 aliphatic carbocycles. The normalized spacial score (nSPS) is 15.4. The summed E-state index contributed by atoms with van der Waals surface area (Å²) < 4.78 is 5.49. The topological polar surface area (TPSA) is 114 Å². The summed E-state index contributed by atoms with van der Waals surface area (Å²) in [6.07, 6.45) is 0.919. The summed E-state index contributed by atoms with van der Waals surface area (Å²) >= 11 is 5.98. The van der Waals surface area contributed by atoms with Crippen molar-refractivity contribution >= 4 is 23.4 Å². The number of likely N-dealkylation sites (tertiary alicyclic amines) is 1. The average Bonchev–Trinajstić information content (AvgIpc) is 2.77. The van der Waals surface area contributed by atoms with Crippen LogP contribution in [0.5, 0.6) is 11.5 Å². The molecule has 0 aromatic heterocycles. The van der Waals surface area contributed by atoms with Crippen LogP contribution in [0.15, 0.2) is 42.5 Å². The maximum Gasteiger partial charge on any atom is 0.407 e. The minimum absolute atomic E-state index is 0.0643. The number of aliphatic hydroxyl groups is 1. The van der Waals surface area contributed by atoms with E-state index in [0.717, 1.165) is 31.5 Å². The van der Waals surface area contributed by atoms with Gasteiger partial charge in [0, 0.05) is 37.4 Å². The third-order valence-electron chi connectivity index (χ3n) is 5.41. The first kappa shape index (κ1) is 24.0. The number of aromatic hydroxyl groups is 1. The number of halogens is 1. The highest BCUT2D eigenvalue weighted by Gasteiger charge is 2.21. The fourth-order valence-corrected chi connectivity index (χ4v) is 3.80. The summed E-state index contributed by atoms with van der Waals surface area (Å²) in [5.74, 6) is 0.485. The SMILES string of the molecule is O=C(O)N1CCC(Nc2ccc(CCNC[C@H](O)COc3ccc(O)cc3Cl)cc2)CC1. The summed E-state index contributed by atoms with van der Waals surface area (Å²) in [6, 6.07) is 13.0. The zero-order valence-corrected chi connectivity index (χ0v) is 18.6. The van der Waals surface area contributed by atoms with Crippen LogP contribution in [0.3, 0.4) is 0 Å². The van der Waals surface area contributed by atoms with E-state index in [2.05, 4.69) is 22.8 Å². The van der Waals surface area contributed by atoms with Gasteiger partial charge >= 0.3 is 6.09 Å². The van der Waals surface area contributed by atoms with Crippen LogP contribution in [0, 0.1) is 0 Å². The fourth-order valence-electron chi connectivity index (χ4n) is 3.57. The molecule has 1 aliphatic heterocycles. The Hall–Kier alpha value is -2.68. The van der Waals surface area contributed by atoms with Gasteiger partial charge in [-0.3, -0.25) is 0 Å². The molecule has 0 unspecified atom stereocenters. The molecule has 0 bridgehead atoms. The number of carboxylic acid groups (broad SMARTS) is 1. The lowest BCUT2D eigenvalue weighted by atomic mass is 10.0. The number of anilines is 1. The van der Waals surface area contributed by atoms with Crippen molar-refractivity contribution in [3.05, 3.63) is 53.1 Å². The maximum atomic E-state index is 11.0. The number of amides is 1. The van der Waals surface area contributed by atoms with Crippen molar-refractivity contribution < 1.29 is 24.9 Å². The molecule has 5 N–H and O–H groups in total. The van der Waals surface area contributed by atoms with E-state index in [1.807, 2.05) is 12.1 Å². The Morgan fingerprint density at radius 3 is 2.56 bits per heavy atom. The van der Waals surface area contributed by atoms with E-state index in [1.54, 1.807) is 6.07 Å². The predicted octanol–water partition coefficient (Wildman–Crippen LogP) is 3.17. The number of hydrogen-bond acceptors (Lipinski definition) is 6. The van der Waals surface area contributed by atoms with Crippen molar-refractivity contribution in [2.75, 3.05) is 38.1 Å². The van der Waals surface area contributed by atoms with Crippen LogP contribution >= 0.6 is 11.6 Å². The summed E-state index contributed by atoms with van der Waals surface area (Å²) in [7, 11) is 0. The molecule has 2 aromatic carbocycles. The molecule has 1 atom stereocenters. The highest BCUT2D eigenvalue weighted by atomic mass is 35.5. The van der Waals surface area contributed by atoms with Gasteiger partial charge in [-0.1, -0.05) is 23.7 Å². The van der Waals surface area contributed by atoms with Crippen molar-refractivity contribution in [1.29, 1.82) is 0 Å². The third kappa shape index (κ3) is 7.47. The Bertz CT molecular complexity index is 872. The van der Waals surface area contributed by atoms with Gasteiger partial charge in [-0.2, -0.15) is 0 Å². The third-order valence-corrected chi connectivity index (χ3v) is 5.70. The van der Waals surface area contributed by atoms with Gasteiger partial charge in [0.05, 0.1) is 5.02 Å². The van der Waals surface area contributed by atoms with Gasteiger partial charge < -0.3 is 35.6 Å². The van der Waals surface area contributed by atoms with E-state index >= 15 is 0 Å². The van der Waals surface area contributed by atoms with Gasteiger partial charge in [-0.05, 0) is 55.6 Å².